The highest BCUT2D eigenvalue weighted by atomic mass is 35.5. The Hall–Kier alpha value is -2.68. The average Bonchev–Trinajstić information content (AvgIpc) is 3.34. The molecule has 154 valence electrons. The maximum Gasteiger partial charge on any atom is 0.271 e. The van der Waals surface area contributed by atoms with Crippen molar-refractivity contribution in [1.29, 1.82) is 0 Å². The topological polar surface area (TPSA) is 81.4 Å². The van der Waals surface area contributed by atoms with E-state index in [1.54, 1.807) is 24.3 Å². The maximum absolute atomic E-state index is 14.0. The molecular formula is C19H13Cl3FN5O2. The summed E-state index contributed by atoms with van der Waals surface area (Å²) in [5, 5.41) is 11.8. The van der Waals surface area contributed by atoms with E-state index >= 15 is 0 Å². The van der Waals surface area contributed by atoms with Gasteiger partial charge in [0.2, 0.25) is 12.1 Å². The minimum Gasteiger partial charge on any atom is -0.382 e. The van der Waals surface area contributed by atoms with Crippen molar-refractivity contribution in [1.82, 2.24) is 14.8 Å². The molecule has 0 bridgehead atoms. The first-order chi connectivity index (χ1) is 14.4. The summed E-state index contributed by atoms with van der Waals surface area (Å²) < 4.78 is 15.6. The number of nitrogens with zero attached hydrogens (tertiary/aromatic N) is 4. The van der Waals surface area contributed by atoms with Crippen molar-refractivity contribution in [2.24, 2.45) is 5.16 Å². The standard InChI is InChI=1S/C19H13Cl3FN5O2/c20-11-5-4-10(13(22)6-11)8-28-9-24-19(26-28)25-18(29)16-7-15(27-30-16)17-12(21)2-1-3-14(17)23/h1-6,9,16H,7-8H2,(H,25,26,29). The zero-order chi connectivity index (χ0) is 21.3. The third-order valence-electron chi connectivity index (χ3n) is 4.33. The first-order valence-electron chi connectivity index (χ1n) is 8.72. The Bertz CT molecular complexity index is 1130. The van der Waals surface area contributed by atoms with Gasteiger partial charge in [0.05, 0.1) is 22.8 Å². The maximum atomic E-state index is 14.0. The fraction of sp³-hybridized carbons (Fsp3) is 0.158. The molecule has 1 aliphatic rings. The van der Waals surface area contributed by atoms with Crippen molar-refractivity contribution in [3.8, 4) is 0 Å². The summed E-state index contributed by atoms with van der Waals surface area (Å²) >= 11 is 18.1. The molecule has 0 spiro atoms. The Morgan fingerprint density at radius 3 is 2.83 bits per heavy atom. The number of oxime groups is 1. The van der Waals surface area contributed by atoms with Crippen molar-refractivity contribution in [2.45, 2.75) is 19.1 Å². The Labute approximate surface area is 185 Å². The first-order valence-corrected chi connectivity index (χ1v) is 9.85. The lowest BCUT2D eigenvalue weighted by molar-refractivity contribution is -0.125. The molecule has 0 saturated heterocycles. The number of aromatic nitrogens is 3. The van der Waals surface area contributed by atoms with Gasteiger partial charge in [-0.05, 0) is 29.8 Å². The minimum absolute atomic E-state index is 0.0631. The van der Waals surface area contributed by atoms with Crippen molar-refractivity contribution >= 4 is 52.4 Å². The van der Waals surface area contributed by atoms with Crippen LogP contribution >= 0.6 is 34.8 Å². The van der Waals surface area contributed by atoms with Crippen LogP contribution in [-0.4, -0.2) is 32.5 Å². The zero-order valence-corrected chi connectivity index (χ0v) is 17.4. The Kier molecular flexibility index (Phi) is 5.90. The van der Waals surface area contributed by atoms with E-state index in [1.807, 2.05) is 0 Å². The average molecular weight is 469 g/mol. The van der Waals surface area contributed by atoms with Crippen molar-refractivity contribution in [3.05, 3.63) is 74.7 Å². The first kappa shape index (κ1) is 20.6. The van der Waals surface area contributed by atoms with E-state index in [0.29, 0.717) is 16.6 Å². The summed E-state index contributed by atoms with van der Waals surface area (Å²) in [6, 6.07) is 9.43. The second kappa shape index (κ2) is 8.59. The summed E-state index contributed by atoms with van der Waals surface area (Å²) in [7, 11) is 0. The lowest BCUT2D eigenvalue weighted by Crippen LogP contribution is -2.28. The third-order valence-corrected chi connectivity index (χ3v) is 5.23. The largest absolute Gasteiger partial charge is 0.382 e. The monoisotopic (exact) mass is 467 g/mol. The van der Waals surface area contributed by atoms with Gasteiger partial charge in [0.25, 0.3) is 5.91 Å². The number of amides is 1. The van der Waals surface area contributed by atoms with E-state index < -0.39 is 17.8 Å². The highest BCUT2D eigenvalue weighted by molar-refractivity contribution is 6.35. The molecule has 0 radical (unpaired) electrons. The molecule has 0 aliphatic carbocycles. The molecule has 0 fully saturated rings. The number of halogens is 4. The Morgan fingerprint density at radius 1 is 1.23 bits per heavy atom. The van der Waals surface area contributed by atoms with E-state index in [1.165, 1.54) is 23.1 Å². The van der Waals surface area contributed by atoms with Gasteiger partial charge in [0, 0.05) is 16.5 Å². The second-order valence-corrected chi connectivity index (χ2v) is 7.67. The molecule has 1 atom stereocenters. The zero-order valence-electron chi connectivity index (χ0n) is 15.2. The van der Waals surface area contributed by atoms with Crippen LogP contribution in [0.15, 0.2) is 47.9 Å². The molecule has 3 aromatic rings. The van der Waals surface area contributed by atoms with Crippen LogP contribution in [0, 0.1) is 5.82 Å². The van der Waals surface area contributed by atoms with Crippen molar-refractivity contribution in [3.63, 3.8) is 0 Å². The highest BCUT2D eigenvalue weighted by Crippen LogP contribution is 2.26. The number of nitrogens with one attached hydrogen (secondary N) is 1. The number of hydrogen-bond acceptors (Lipinski definition) is 5. The summed E-state index contributed by atoms with van der Waals surface area (Å²) in [6.07, 6.45) is 0.568. The van der Waals surface area contributed by atoms with Gasteiger partial charge in [0.15, 0.2) is 0 Å². The Balaban J connectivity index is 1.38. The predicted molar refractivity (Wildman–Crippen MR) is 112 cm³/mol. The molecule has 11 heteroatoms. The van der Waals surface area contributed by atoms with E-state index in [-0.39, 0.29) is 28.7 Å². The van der Waals surface area contributed by atoms with Crippen LogP contribution in [0.3, 0.4) is 0 Å². The fourth-order valence-electron chi connectivity index (χ4n) is 2.88. The molecular weight excluding hydrogens is 456 g/mol. The molecule has 1 aliphatic heterocycles. The van der Waals surface area contributed by atoms with Gasteiger partial charge >= 0.3 is 0 Å². The van der Waals surface area contributed by atoms with Gasteiger partial charge in [0.1, 0.15) is 12.1 Å². The summed E-state index contributed by atoms with van der Waals surface area (Å²) in [6.45, 7) is 0.345. The van der Waals surface area contributed by atoms with E-state index in [0.717, 1.165) is 5.56 Å². The summed E-state index contributed by atoms with van der Waals surface area (Å²) in [5.41, 5.74) is 1.17. The molecule has 0 saturated carbocycles. The van der Waals surface area contributed by atoms with E-state index in [4.69, 9.17) is 39.6 Å². The SMILES string of the molecule is O=C(Nc1ncn(Cc2ccc(Cl)cc2Cl)n1)C1CC(c2c(F)cccc2Cl)=NO1. The fourth-order valence-corrected chi connectivity index (χ4v) is 3.62. The molecule has 2 aromatic carbocycles. The van der Waals surface area contributed by atoms with Gasteiger partial charge in [-0.1, -0.05) is 52.1 Å². The normalized spacial score (nSPS) is 15.6. The number of rotatable bonds is 5. The van der Waals surface area contributed by atoms with Crippen LogP contribution in [0.4, 0.5) is 10.3 Å². The van der Waals surface area contributed by atoms with Gasteiger partial charge in [-0.2, -0.15) is 0 Å². The molecule has 2 heterocycles. The van der Waals surface area contributed by atoms with E-state index in [2.05, 4.69) is 20.6 Å². The van der Waals surface area contributed by atoms with Crippen molar-refractivity contribution in [2.75, 3.05) is 5.32 Å². The van der Waals surface area contributed by atoms with Gasteiger partial charge < -0.3 is 4.84 Å². The van der Waals surface area contributed by atoms with Crippen LogP contribution in [0.5, 0.6) is 0 Å². The number of benzene rings is 2. The summed E-state index contributed by atoms with van der Waals surface area (Å²) in [4.78, 5) is 21.7. The third kappa shape index (κ3) is 4.40. The van der Waals surface area contributed by atoms with Crippen LogP contribution in [0.1, 0.15) is 17.5 Å². The van der Waals surface area contributed by atoms with Crippen LogP contribution in [-0.2, 0) is 16.2 Å². The number of anilines is 1. The van der Waals surface area contributed by atoms with Crippen LogP contribution < -0.4 is 5.32 Å². The van der Waals surface area contributed by atoms with E-state index in [9.17, 15) is 9.18 Å². The molecule has 1 unspecified atom stereocenters. The molecule has 7 nitrogen and oxygen atoms in total. The van der Waals surface area contributed by atoms with Crippen LogP contribution in [0.25, 0.3) is 0 Å². The minimum atomic E-state index is -0.951. The molecule has 1 amide bonds. The van der Waals surface area contributed by atoms with Gasteiger partial charge in [-0.15, -0.1) is 5.10 Å². The lowest BCUT2D eigenvalue weighted by atomic mass is 10.0. The molecule has 30 heavy (non-hydrogen) atoms. The molecule has 1 aromatic heterocycles. The number of carbonyl (C=O) groups excluding carboxylic acids is 1. The van der Waals surface area contributed by atoms with Gasteiger partial charge in [-0.25, -0.2) is 14.1 Å². The number of carbonyl (C=O) groups is 1. The Morgan fingerprint density at radius 2 is 2.07 bits per heavy atom. The smallest absolute Gasteiger partial charge is 0.271 e. The van der Waals surface area contributed by atoms with Gasteiger partial charge in [-0.3, -0.25) is 10.1 Å². The highest BCUT2D eigenvalue weighted by Gasteiger charge is 2.31. The summed E-state index contributed by atoms with van der Waals surface area (Å²) in [5.74, 6) is -0.957. The molecule has 1 N–H and O–H groups in total. The number of hydrogen-bond donors (Lipinski definition) is 1. The lowest BCUT2D eigenvalue weighted by Gasteiger charge is -2.07. The predicted octanol–water partition coefficient (Wildman–Crippen LogP) is 4.56. The second-order valence-electron chi connectivity index (χ2n) is 6.42. The molecule has 4 rings (SSSR count). The van der Waals surface area contributed by atoms with Crippen LogP contribution in [0.2, 0.25) is 15.1 Å². The quantitative estimate of drug-likeness (QED) is 0.595. The van der Waals surface area contributed by atoms with Crippen molar-refractivity contribution < 1.29 is 14.0 Å².